The predicted molar refractivity (Wildman–Crippen MR) is 141 cm³/mol. The number of esters is 1. The molecule has 0 radical (unpaired) electrons. The molecule has 2 amide bonds. The van der Waals surface area contributed by atoms with Gasteiger partial charge in [0.1, 0.15) is 11.5 Å². The van der Waals surface area contributed by atoms with Crippen LogP contribution in [0.5, 0.6) is 23.0 Å². The van der Waals surface area contributed by atoms with E-state index in [-0.39, 0.29) is 12.5 Å². The highest BCUT2D eigenvalue weighted by Crippen LogP contribution is 2.28. The lowest BCUT2D eigenvalue weighted by Crippen LogP contribution is -2.34. The zero-order valence-electron chi connectivity index (χ0n) is 21.4. The molecule has 0 aliphatic carbocycles. The third-order valence-corrected chi connectivity index (χ3v) is 5.11. The molecule has 3 aromatic carbocycles. The first-order valence-electron chi connectivity index (χ1n) is 11.8. The molecule has 0 heterocycles. The second-order valence-electron chi connectivity index (χ2n) is 7.88. The lowest BCUT2D eigenvalue weighted by molar-refractivity contribution is -0.120. The lowest BCUT2D eigenvalue weighted by Gasteiger charge is -2.09. The van der Waals surface area contributed by atoms with Gasteiger partial charge in [-0.15, -0.1) is 0 Å². The van der Waals surface area contributed by atoms with Crippen molar-refractivity contribution >= 4 is 24.0 Å². The van der Waals surface area contributed by atoms with Gasteiger partial charge in [-0.3, -0.25) is 9.59 Å². The van der Waals surface area contributed by atoms with Crippen molar-refractivity contribution in [3.63, 3.8) is 0 Å². The Hall–Kier alpha value is -4.86. The van der Waals surface area contributed by atoms with Gasteiger partial charge >= 0.3 is 5.97 Å². The van der Waals surface area contributed by atoms with E-state index < -0.39 is 11.9 Å². The van der Waals surface area contributed by atoms with Crippen LogP contribution >= 0.6 is 0 Å². The fraction of sp³-hybridized carbons (Fsp3) is 0.214. The molecule has 0 saturated heterocycles. The first-order chi connectivity index (χ1) is 18.4. The van der Waals surface area contributed by atoms with Crippen LogP contribution in [0.3, 0.4) is 0 Å². The second-order valence-corrected chi connectivity index (χ2v) is 7.88. The molecule has 0 aliphatic heterocycles. The van der Waals surface area contributed by atoms with Crippen LogP contribution < -0.4 is 29.7 Å². The molecule has 0 aliphatic rings. The summed E-state index contributed by atoms with van der Waals surface area (Å²) in [6.07, 6.45) is 2.32. The van der Waals surface area contributed by atoms with Crippen molar-refractivity contribution in [2.75, 3.05) is 27.4 Å². The van der Waals surface area contributed by atoms with Gasteiger partial charge in [-0.25, -0.2) is 10.2 Å². The quantitative estimate of drug-likeness (QED) is 0.162. The molecule has 198 valence electrons. The smallest absolute Gasteiger partial charge is 0.343 e. The summed E-state index contributed by atoms with van der Waals surface area (Å²) < 4.78 is 21.2. The second kappa shape index (κ2) is 14.0. The van der Waals surface area contributed by atoms with E-state index in [0.29, 0.717) is 46.3 Å². The molecule has 0 atom stereocenters. The van der Waals surface area contributed by atoms with E-state index in [0.717, 1.165) is 6.42 Å². The van der Waals surface area contributed by atoms with Gasteiger partial charge in [0, 0.05) is 5.56 Å². The minimum Gasteiger partial charge on any atom is -0.494 e. The molecule has 0 spiro atoms. The van der Waals surface area contributed by atoms with Crippen molar-refractivity contribution in [2.24, 2.45) is 5.10 Å². The van der Waals surface area contributed by atoms with E-state index in [9.17, 15) is 14.4 Å². The van der Waals surface area contributed by atoms with Crippen LogP contribution in [0.2, 0.25) is 0 Å². The Morgan fingerprint density at radius 3 is 2.16 bits per heavy atom. The fourth-order valence-corrected chi connectivity index (χ4v) is 3.15. The zero-order chi connectivity index (χ0) is 27.3. The number of hydrazone groups is 1. The van der Waals surface area contributed by atoms with E-state index in [1.807, 2.05) is 6.92 Å². The zero-order valence-corrected chi connectivity index (χ0v) is 21.4. The molecule has 0 aromatic heterocycles. The minimum atomic E-state index is -0.553. The Morgan fingerprint density at radius 2 is 1.50 bits per heavy atom. The van der Waals surface area contributed by atoms with Gasteiger partial charge in [-0.05, 0) is 78.7 Å². The SMILES string of the molecule is CCCOc1ccc(C(=O)NCC(=O)N/N=C/c2ccc(OC(=O)c3ccc(OC)c(OC)c3)cc2)cc1. The normalized spacial score (nSPS) is 10.5. The van der Waals surface area contributed by atoms with Gasteiger partial charge in [0.15, 0.2) is 11.5 Å². The molecule has 38 heavy (non-hydrogen) atoms. The van der Waals surface area contributed by atoms with E-state index in [2.05, 4.69) is 15.8 Å². The highest BCUT2D eigenvalue weighted by Gasteiger charge is 2.13. The summed E-state index contributed by atoms with van der Waals surface area (Å²) in [5.74, 6) is 0.509. The molecule has 2 N–H and O–H groups in total. The van der Waals surface area contributed by atoms with Crippen molar-refractivity contribution in [1.82, 2.24) is 10.7 Å². The summed E-state index contributed by atoms with van der Waals surface area (Å²) in [6.45, 7) is 2.37. The number of hydrogen-bond acceptors (Lipinski definition) is 8. The lowest BCUT2D eigenvalue weighted by atomic mass is 10.2. The molecule has 3 rings (SSSR count). The number of nitrogens with zero attached hydrogens (tertiary/aromatic N) is 1. The molecule has 0 bridgehead atoms. The number of ether oxygens (including phenoxy) is 4. The minimum absolute atomic E-state index is 0.241. The van der Waals surface area contributed by atoms with Crippen LogP contribution in [-0.2, 0) is 4.79 Å². The van der Waals surface area contributed by atoms with Gasteiger partial charge in [-0.2, -0.15) is 5.10 Å². The Kier molecular flexibility index (Phi) is 10.2. The van der Waals surface area contributed by atoms with Gasteiger partial charge < -0.3 is 24.3 Å². The molecule has 10 heteroatoms. The molecular weight excluding hydrogens is 490 g/mol. The van der Waals surface area contributed by atoms with E-state index in [1.54, 1.807) is 60.7 Å². The maximum atomic E-state index is 12.4. The van der Waals surface area contributed by atoms with Gasteiger partial charge in [0.05, 0.1) is 39.1 Å². The third-order valence-electron chi connectivity index (χ3n) is 5.11. The van der Waals surface area contributed by atoms with Gasteiger partial charge in [-0.1, -0.05) is 6.92 Å². The average molecular weight is 520 g/mol. The summed E-state index contributed by atoms with van der Waals surface area (Å²) in [4.78, 5) is 36.7. The van der Waals surface area contributed by atoms with Crippen molar-refractivity contribution in [2.45, 2.75) is 13.3 Å². The monoisotopic (exact) mass is 519 g/mol. The molecule has 0 unspecified atom stereocenters. The summed E-state index contributed by atoms with van der Waals surface area (Å²) in [5, 5.41) is 6.41. The number of carbonyl (C=O) groups is 3. The number of hydrogen-bond donors (Lipinski definition) is 2. The fourth-order valence-electron chi connectivity index (χ4n) is 3.15. The van der Waals surface area contributed by atoms with Gasteiger partial charge in [0.25, 0.3) is 11.8 Å². The Balaban J connectivity index is 1.44. The largest absolute Gasteiger partial charge is 0.494 e. The first-order valence-corrected chi connectivity index (χ1v) is 11.8. The predicted octanol–water partition coefficient (Wildman–Crippen LogP) is 3.59. The first kappa shape index (κ1) is 27.7. The van der Waals surface area contributed by atoms with Crippen LogP contribution in [-0.4, -0.2) is 51.4 Å². The number of nitrogens with one attached hydrogen (secondary N) is 2. The standard InChI is InChI=1S/C28H29N3O7/c1-4-15-37-22-12-7-20(8-13-22)27(33)29-18-26(32)31-30-17-19-5-10-23(11-6-19)38-28(34)21-9-14-24(35-2)25(16-21)36-3/h5-14,16-17H,4,15,18H2,1-3H3,(H,29,33)(H,31,32)/b30-17+. The third kappa shape index (κ3) is 8.09. The topological polar surface area (TPSA) is 125 Å². The average Bonchev–Trinajstić information content (AvgIpc) is 2.95. The number of benzene rings is 3. The summed E-state index contributed by atoms with van der Waals surface area (Å²) in [7, 11) is 2.99. The highest BCUT2D eigenvalue weighted by atomic mass is 16.5. The van der Waals surface area contributed by atoms with Crippen molar-refractivity contribution < 1.29 is 33.3 Å². The number of methoxy groups -OCH3 is 2. The van der Waals surface area contributed by atoms with Crippen molar-refractivity contribution in [1.29, 1.82) is 0 Å². The van der Waals surface area contributed by atoms with Crippen molar-refractivity contribution in [3.05, 3.63) is 83.4 Å². The van der Waals surface area contributed by atoms with Crippen molar-refractivity contribution in [3.8, 4) is 23.0 Å². The Bertz CT molecular complexity index is 1270. The molecule has 3 aromatic rings. The Morgan fingerprint density at radius 1 is 0.842 bits per heavy atom. The molecule has 10 nitrogen and oxygen atoms in total. The van der Waals surface area contributed by atoms with Crippen LogP contribution in [0.1, 0.15) is 39.6 Å². The van der Waals surface area contributed by atoms with Crippen LogP contribution in [0, 0.1) is 0 Å². The molecule has 0 fully saturated rings. The molecular formula is C28H29N3O7. The van der Waals surface area contributed by atoms with Crippen LogP contribution in [0.4, 0.5) is 0 Å². The summed E-state index contributed by atoms with van der Waals surface area (Å²) >= 11 is 0. The van der Waals surface area contributed by atoms with Crippen LogP contribution in [0.25, 0.3) is 0 Å². The molecule has 0 saturated carbocycles. The highest BCUT2D eigenvalue weighted by molar-refractivity contribution is 5.96. The van der Waals surface area contributed by atoms with Gasteiger partial charge in [0.2, 0.25) is 0 Å². The van der Waals surface area contributed by atoms with E-state index in [1.165, 1.54) is 26.5 Å². The summed E-state index contributed by atoms with van der Waals surface area (Å²) in [5.41, 5.74) is 3.73. The summed E-state index contributed by atoms with van der Waals surface area (Å²) in [6, 6.07) is 17.9. The van der Waals surface area contributed by atoms with E-state index >= 15 is 0 Å². The maximum absolute atomic E-state index is 12.4. The Labute approximate surface area is 220 Å². The number of rotatable bonds is 12. The van der Waals surface area contributed by atoms with Crippen LogP contribution in [0.15, 0.2) is 71.8 Å². The number of carbonyl (C=O) groups excluding carboxylic acids is 3. The maximum Gasteiger partial charge on any atom is 0.343 e. The number of amides is 2. The van der Waals surface area contributed by atoms with E-state index in [4.69, 9.17) is 18.9 Å².